The van der Waals surface area contributed by atoms with E-state index in [1.165, 1.54) is 17.0 Å². The van der Waals surface area contributed by atoms with E-state index in [2.05, 4.69) is 20.6 Å². The number of aromatic nitrogens is 5. The molecule has 0 aliphatic rings. The molecular formula is C24H19ClN6O2. The molecule has 0 bridgehead atoms. The summed E-state index contributed by atoms with van der Waals surface area (Å²) in [6.07, 6.45) is 2.94. The van der Waals surface area contributed by atoms with Crippen LogP contribution in [0.4, 0.5) is 0 Å². The molecule has 0 saturated heterocycles. The summed E-state index contributed by atoms with van der Waals surface area (Å²) in [6, 6.07) is 16.0. The average molecular weight is 459 g/mol. The molecule has 5 aromatic rings. The lowest BCUT2D eigenvalue weighted by Crippen LogP contribution is -2.32. The molecule has 1 N–H and O–H groups in total. The van der Waals surface area contributed by atoms with Gasteiger partial charge in [0.2, 0.25) is 0 Å². The van der Waals surface area contributed by atoms with Crippen molar-refractivity contribution >= 4 is 33.8 Å². The SMILES string of the molecule is Cc1nn2cnncc2c1C(=O)N[C@@H](C)c1cc2cccc(Cl)c2c(=O)n1-c1ccccc1. The molecule has 3 aromatic heterocycles. The van der Waals surface area contributed by atoms with Crippen molar-refractivity contribution in [1.29, 1.82) is 0 Å². The number of nitrogens with one attached hydrogen (secondary N) is 1. The topological polar surface area (TPSA) is 94.2 Å². The number of hydrogen-bond donors (Lipinski definition) is 1. The van der Waals surface area contributed by atoms with Crippen LogP contribution in [-0.2, 0) is 0 Å². The molecule has 8 nitrogen and oxygen atoms in total. The standard InChI is InChI=1S/C24H19ClN6O2/c1-14(28-23(32)21-15(2)29-30-13-27-26-12-20(21)30)19-11-16-7-6-10-18(25)22(16)24(33)31(19)17-8-4-3-5-9-17/h3-14H,1-2H3,(H,28,32)/t14-/m0/s1. The molecule has 164 valence electrons. The smallest absolute Gasteiger partial charge is 0.264 e. The fourth-order valence-corrected chi connectivity index (χ4v) is 4.33. The van der Waals surface area contributed by atoms with Gasteiger partial charge in [0.15, 0.2) is 0 Å². The first-order valence-electron chi connectivity index (χ1n) is 10.3. The highest BCUT2D eigenvalue weighted by atomic mass is 35.5. The number of nitrogens with zero attached hydrogens (tertiary/aromatic N) is 5. The predicted octanol–water partition coefficient (Wildman–Crippen LogP) is 3.88. The molecule has 5 rings (SSSR count). The van der Waals surface area contributed by atoms with Crippen LogP contribution in [0.3, 0.4) is 0 Å². The summed E-state index contributed by atoms with van der Waals surface area (Å²) in [5.74, 6) is -0.318. The monoisotopic (exact) mass is 458 g/mol. The van der Waals surface area contributed by atoms with Crippen molar-refractivity contribution in [2.45, 2.75) is 19.9 Å². The second-order valence-electron chi connectivity index (χ2n) is 7.71. The molecule has 0 fully saturated rings. The van der Waals surface area contributed by atoms with Crippen LogP contribution < -0.4 is 10.9 Å². The van der Waals surface area contributed by atoms with Gasteiger partial charge in [0.05, 0.1) is 33.9 Å². The van der Waals surface area contributed by atoms with Crippen molar-refractivity contribution in [1.82, 2.24) is 29.7 Å². The number of para-hydroxylation sites is 1. The Bertz CT molecular complexity index is 1580. The minimum absolute atomic E-state index is 0.247. The second kappa shape index (κ2) is 8.14. The van der Waals surface area contributed by atoms with Crippen molar-refractivity contribution in [2.24, 2.45) is 0 Å². The van der Waals surface area contributed by atoms with E-state index >= 15 is 0 Å². The maximum atomic E-state index is 13.6. The van der Waals surface area contributed by atoms with E-state index in [1.54, 1.807) is 23.6 Å². The van der Waals surface area contributed by atoms with E-state index in [4.69, 9.17) is 11.6 Å². The normalized spacial score (nSPS) is 12.2. The molecule has 1 amide bonds. The van der Waals surface area contributed by atoms with Crippen molar-refractivity contribution in [2.75, 3.05) is 0 Å². The number of hydrogen-bond acceptors (Lipinski definition) is 5. The number of carbonyl (C=O) groups excluding carboxylic acids is 1. The zero-order valence-corrected chi connectivity index (χ0v) is 18.6. The molecule has 0 unspecified atom stereocenters. The van der Waals surface area contributed by atoms with Gasteiger partial charge in [-0.15, -0.1) is 5.10 Å². The van der Waals surface area contributed by atoms with Gasteiger partial charge in [-0.1, -0.05) is 41.9 Å². The summed E-state index contributed by atoms with van der Waals surface area (Å²) >= 11 is 6.38. The van der Waals surface area contributed by atoms with Gasteiger partial charge in [0.25, 0.3) is 11.5 Å². The van der Waals surface area contributed by atoms with Gasteiger partial charge in [0, 0.05) is 11.4 Å². The Hall–Kier alpha value is -4.04. The first kappa shape index (κ1) is 20.8. The zero-order chi connectivity index (χ0) is 23.1. The van der Waals surface area contributed by atoms with Gasteiger partial charge in [-0.05, 0) is 43.5 Å². The van der Waals surface area contributed by atoms with E-state index in [-0.39, 0.29) is 11.5 Å². The van der Waals surface area contributed by atoms with Crippen LogP contribution in [0.5, 0.6) is 0 Å². The van der Waals surface area contributed by atoms with Crippen LogP contribution in [0, 0.1) is 6.92 Å². The highest BCUT2D eigenvalue weighted by Gasteiger charge is 2.23. The minimum atomic E-state index is -0.502. The Labute approximate surface area is 193 Å². The third kappa shape index (κ3) is 3.54. The largest absolute Gasteiger partial charge is 0.344 e. The first-order chi connectivity index (χ1) is 16.0. The summed E-state index contributed by atoms with van der Waals surface area (Å²) in [5, 5.41) is 16.5. The summed E-state index contributed by atoms with van der Waals surface area (Å²) in [4.78, 5) is 26.8. The highest BCUT2D eigenvalue weighted by molar-refractivity contribution is 6.35. The number of carbonyl (C=O) groups is 1. The fourth-order valence-electron chi connectivity index (χ4n) is 4.07. The Morgan fingerprint density at radius 3 is 2.67 bits per heavy atom. The summed E-state index contributed by atoms with van der Waals surface area (Å²) < 4.78 is 3.10. The summed E-state index contributed by atoms with van der Waals surface area (Å²) in [6.45, 7) is 3.59. The van der Waals surface area contributed by atoms with Crippen molar-refractivity contribution in [3.8, 4) is 5.69 Å². The van der Waals surface area contributed by atoms with E-state index in [0.29, 0.717) is 44.0 Å². The third-order valence-electron chi connectivity index (χ3n) is 5.59. The lowest BCUT2D eigenvalue weighted by atomic mass is 10.1. The molecule has 0 spiro atoms. The molecule has 2 aromatic carbocycles. The molecule has 0 aliphatic carbocycles. The third-order valence-corrected chi connectivity index (χ3v) is 5.90. The molecule has 33 heavy (non-hydrogen) atoms. The Balaban J connectivity index is 1.64. The number of pyridine rings is 1. The van der Waals surface area contributed by atoms with Crippen LogP contribution in [0.15, 0.2) is 71.9 Å². The Morgan fingerprint density at radius 2 is 1.88 bits per heavy atom. The zero-order valence-electron chi connectivity index (χ0n) is 17.9. The molecule has 0 radical (unpaired) electrons. The van der Waals surface area contributed by atoms with Crippen LogP contribution >= 0.6 is 11.6 Å². The Kier molecular flexibility index (Phi) is 5.14. The number of benzene rings is 2. The average Bonchev–Trinajstić information content (AvgIpc) is 3.15. The van der Waals surface area contributed by atoms with Crippen molar-refractivity contribution in [3.63, 3.8) is 0 Å². The van der Waals surface area contributed by atoms with Crippen molar-refractivity contribution < 1.29 is 4.79 Å². The molecule has 9 heteroatoms. The van der Waals surface area contributed by atoms with Gasteiger partial charge < -0.3 is 5.32 Å². The lowest BCUT2D eigenvalue weighted by molar-refractivity contribution is 0.0939. The molecular weight excluding hydrogens is 440 g/mol. The number of aryl methyl sites for hydroxylation is 1. The van der Waals surface area contributed by atoms with E-state index < -0.39 is 6.04 Å². The van der Waals surface area contributed by atoms with E-state index in [9.17, 15) is 9.59 Å². The number of rotatable bonds is 4. The maximum Gasteiger partial charge on any atom is 0.264 e. The van der Waals surface area contributed by atoms with Crippen LogP contribution in [0.1, 0.15) is 34.7 Å². The molecule has 0 aliphatic heterocycles. The maximum absolute atomic E-state index is 13.6. The highest BCUT2D eigenvalue weighted by Crippen LogP contribution is 2.26. The van der Waals surface area contributed by atoms with Gasteiger partial charge in [0.1, 0.15) is 11.8 Å². The minimum Gasteiger partial charge on any atom is -0.344 e. The predicted molar refractivity (Wildman–Crippen MR) is 126 cm³/mol. The van der Waals surface area contributed by atoms with Crippen LogP contribution in [0.2, 0.25) is 5.02 Å². The lowest BCUT2D eigenvalue weighted by Gasteiger charge is -2.21. The number of halogens is 1. The van der Waals surface area contributed by atoms with Gasteiger partial charge >= 0.3 is 0 Å². The molecule has 3 heterocycles. The van der Waals surface area contributed by atoms with Crippen LogP contribution in [-0.4, -0.2) is 30.3 Å². The van der Waals surface area contributed by atoms with Gasteiger partial charge in [-0.3, -0.25) is 14.2 Å². The number of amides is 1. The quantitative estimate of drug-likeness (QED) is 0.441. The van der Waals surface area contributed by atoms with Gasteiger partial charge in [-0.2, -0.15) is 10.2 Å². The molecule has 1 atom stereocenters. The fraction of sp³-hybridized carbons (Fsp3) is 0.125. The number of fused-ring (bicyclic) bond motifs is 2. The first-order valence-corrected chi connectivity index (χ1v) is 10.7. The van der Waals surface area contributed by atoms with Crippen LogP contribution in [0.25, 0.3) is 22.0 Å². The van der Waals surface area contributed by atoms with Crippen molar-refractivity contribution in [3.05, 3.63) is 99.4 Å². The Morgan fingerprint density at radius 1 is 1.09 bits per heavy atom. The second-order valence-corrected chi connectivity index (χ2v) is 8.12. The summed E-state index contributed by atoms with van der Waals surface area (Å²) in [5.41, 5.74) is 2.58. The van der Waals surface area contributed by atoms with E-state index in [0.717, 1.165) is 0 Å². The van der Waals surface area contributed by atoms with E-state index in [1.807, 2.05) is 49.4 Å². The van der Waals surface area contributed by atoms with Gasteiger partial charge in [-0.25, -0.2) is 4.52 Å². The summed E-state index contributed by atoms with van der Waals surface area (Å²) in [7, 11) is 0. The molecule has 0 saturated carbocycles.